The van der Waals surface area contributed by atoms with Gasteiger partial charge in [0.2, 0.25) is 11.5 Å². The summed E-state index contributed by atoms with van der Waals surface area (Å²) in [5.41, 5.74) is 11.3. The Morgan fingerprint density at radius 2 is 1.44 bits per heavy atom. The number of carbonyl (C=O) groups excluding carboxylic acids is 4. The molecule has 4 aromatic rings. The molecule has 0 saturated carbocycles. The number of aromatic nitrogens is 2. The van der Waals surface area contributed by atoms with Crippen molar-refractivity contribution in [2.24, 2.45) is 5.73 Å². The number of fused-ring (bicyclic) bond motifs is 2. The molecule has 14 heteroatoms. The number of carbonyl (C=O) groups is 4. The Morgan fingerprint density at radius 3 is 2.07 bits per heavy atom. The Hall–Kier alpha value is -5.50. The standard InChI is InChI=1S/C40H45F2N5O7/c1-38(2,3)53-32(48)13-9-10-16-40(44,36(51)54-39(4,5)6)35(50)52-22-26-18-29(41)30(42)19-27(26)23-14-15-31-28(17-23)33(46-37(43)45-31)34(49)47-20-24-11-7-8-12-25(24)21-47/h7-8,11-12,14-15,17-19H,9-10,13,16,20-22,44H2,1-6H3,(H2,43,45,46)/t40-/m0/s1. The molecule has 1 aliphatic rings. The quantitative estimate of drug-likeness (QED) is 0.0763. The van der Waals surface area contributed by atoms with Gasteiger partial charge < -0.3 is 30.6 Å². The number of nitrogens with zero attached hydrogens (tertiary/aromatic N) is 3. The molecule has 2 heterocycles. The maximum atomic E-state index is 14.8. The Morgan fingerprint density at radius 1 is 0.815 bits per heavy atom. The van der Waals surface area contributed by atoms with Crippen molar-refractivity contribution >= 4 is 40.7 Å². The highest BCUT2D eigenvalue weighted by Gasteiger charge is 2.46. The smallest absolute Gasteiger partial charge is 0.338 e. The number of rotatable bonds is 11. The summed E-state index contributed by atoms with van der Waals surface area (Å²) in [5, 5.41) is 0.313. The monoisotopic (exact) mass is 745 g/mol. The van der Waals surface area contributed by atoms with Crippen LogP contribution >= 0.6 is 0 Å². The van der Waals surface area contributed by atoms with E-state index in [1.807, 2.05) is 24.3 Å². The van der Waals surface area contributed by atoms with E-state index in [0.717, 1.165) is 23.3 Å². The first-order valence-electron chi connectivity index (χ1n) is 17.6. The van der Waals surface area contributed by atoms with E-state index in [4.69, 9.17) is 25.7 Å². The topological polar surface area (TPSA) is 177 Å². The van der Waals surface area contributed by atoms with E-state index in [0.29, 0.717) is 29.6 Å². The first-order chi connectivity index (χ1) is 25.2. The number of hydrogen-bond donors (Lipinski definition) is 2. The lowest BCUT2D eigenvalue weighted by atomic mass is 9.92. The Labute approximate surface area is 312 Å². The van der Waals surface area contributed by atoms with Gasteiger partial charge in [0.1, 0.15) is 23.5 Å². The highest BCUT2D eigenvalue weighted by molar-refractivity contribution is 6.06. The predicted octanol–water partition coefficient (Wildman–Crippen LogP) is 6.30. The lowest BCUT2D eigenvalue weighted by Gasteiger charge is -2.29. The molecule has 54 heavy (non-hydrogen) atoms. The third-order valence-corrected chi connectivity index (χ3v) is 8.61. The predicted molar refractivity (Wildman–Crippen MR) is 196 cm³/mol. The van der Waals surface area contributed by atoms with E-state index < -0.39 is 58.8 Å². The Bertz CT molecular complexity index is 2090. The SMILES string of the molecule is CC(C)(C)OC(=O)CCCC[C@](N)(C(=O)OCc1cc(F)c(F)cc1-c1ccc2nc(N)nc(C(=O)N3Cc4ccccc4C3)c2c1)C(=O)OC(C)(C)C. The van der Waals surface area contributed by atoms with Crippen molar-refractivity contribution in [1.82, 2.24) is 14.9 Å². The van der Waals surface area contributed by atoms with Crippen LogP contribution in [0.15, 0.2) is 54.6 Å². The van der Waals surface area contributed by atoms with Gasteiger partial charge in [-0.05, 0) is 107 Å². The number of amides is 1. The first kappa shape index (κ1) is 39.7. The van der Waals surface area contributed by atoms with Gasteiger partial charge in [0, 0.05) is 30.5 Å². The number of nitrogen functional groups attached to an aromatic ring is 1. The van der Waals surface area contributed by atoms with Crippen molar-refractivity contribution in [3.05, 3.63) is 88.6 Å². The van der Waals surface area contributed by atoms with Crippen molar-refractivity contribution in [1.29, 1.82) is 0 Å². The number of anilines is 1. The van der Waals surface area contributed by atoms with Crippen molar-refractivity contribution in [3.8, 4) is 11.1 Å². The van der Waals surface area contributed by atoms with Crippen LogP contribution in [-0.2, 0) is 48.3 Å². The molecule has 0 fully saturated rings. The molecule has 3 aromatic carbocycles. The summed E-state index contributed by atoms with van der Waals surface area (Å²) in [5.74, 6) is -5.55. The molecule has 1 amide bonds. The van der Waals surface area contributed by atoms with Gasteiger partial charge in [0.05, 0.1) is 5.52 Å². The summed E-state index contributed by atoms with van der Waals surface area (Å²) >= 11 is 0. The van der Waals surface area contributed by atoms with Gasteiger partial charge >= 0.3 is 17.9 Å². The molecule has 0 bridgehead atoms. The second kappa shape index (κ2) is 15.5. The summed E-state index contributed by atoms with van der Waals surface area (Å²) < 4.78 is 45.9. The van der Waals surface area contributed by atoms with Crippen molar-refractivity contribution in [2.75, 3.05) is 5.73 Å². The van der Waals surface area contributed by atoms with Crippen LogP contribution in [0, 0.1) is 11.6 Å². The summed E-state index contributed by atoms with van der Waals surface area (Å²) in [7, 11) is 0. The Balaban J connectivity index is 1.41. The number of nitrogens with two attached hydrogens (primary N) is 2. The molecule has 0 unspecified atom stereocenters. The summed E-state index contributed by atoms with van der Waals surface area (Å²) in [6, 6.07) is 14.2. The summed E-state index contributed by atoms with van der Waals surface area (Å²) in [6.07, 6.45) is 0.205. The van der Waals surface area contributed by atoms with E-state index in [1.54, 1.807) is 64.6 Å². The molecule has 1 aliphatic heterocycles. The molecule has 0 saturated heterocycles. The minimum atomic E-state index is -2.29. The molecule has 1 atom stereocenters. The van der Waals surface area contributed by atoms with Crippen LogP contribution in [0.2, 0.25) is 0 Å². The summed E-state index contributed by atoms with van der Waals surface area (Å²) in [4.78, 5) is 63.2. The fourth-order valence-corrected chi connectivity index (χ4v) is 6.07. The number of halogens is 2. The van der Waals surface area contributed by atoms with Gasteiger partial charge in [-0.1, -0.05) is 30.3 Å². The average molecular weight is 746 g/mol. The molecule has 1 aromatic heterocycles. The minimum absolute atomic E-state index is 0.0251. The maximum Gasteiger partial charge on any atom is 0.338 e. The van der Waals surface area contributed by atoms with Gasteiger partial charge in [-0.2, -0.15) is 0 Å². The van der Waals surface area contributed by atoms with Crippen LogP contribution in [0.5, 0.6) is 0 Å². The Kier molecular flexibility index (Phi) is 11.4. The van der Waals surface area contributed by atoms with Crippen LogP contribution in [0.1, 0.15) is 94.4 Å². The van der Waals surface area contributed by atoms with Crippen molar-refractivity contribution in [3.63, 3.8) is 0 Å². The molecule has 4 N–H and O–H groups in total. The second-order valence-electron chi connectivity index (χ2n) is 15.4. The fraction of sp³-hybridized carbons (Fsp3) is 0.400. The van der Waals surface area contributed by atoms with Crippen LogP contribution in [-0.4, -0.2) is 55.4 Å². The second-order valence-corrected chi connectivity index (χ2v) is 15.4. The number of esters is 3. The number of unbranched alkanes of at least 4 members (excludes halogenated alkanes) is 1. The third kappa shape index (κ3) is 9.34. The first-order valence-corrected chi connectivity index (χ1v) is 17.6. The normalized spacial score (nSPS) is 14.0. The van der Waals surface area contributed by atoms with Gasteiger partial charge in [-0.3, -0.25) is 9.59 Å². The van der Waals surface area contributed by atoms with Gasteiger partial charge in [0.25, 0.3) is 5.91 Å². The van der Waals surface area contributed by atoms with Crippen molar-refractivity contribution < 1.29 is 42.2 Å². The minimum Gasteiger partial charge on any atom is -0.460 e. The largest absolute Gasteiger partial charge is 0.460 e. The van der Waals surface area contributed by atoms with Gasteiger partial charge in [0.15, 0.2) is 11.6 Å². The zero-order valence-electron chi connectivity index (χ0n) is 31.3. The average Bonchev–Trinajstić information content (AvgIpc) is 3.52. The van der Waals surface area contributed by atoms with Crippen LogP contribution in [0.25, 0.3) is 22.0 Å². The number of hydrogen-bond acceptors (Lipinski definition) is 11. The highest BCUT2D eigenvalue weighted by Crippen LogP contribution is 2.33. The van der Waals surface area contributed by atoms with Crippen molar-refractivity contribution in [2.45, 2.75) is 104 Å². The summed E-state index contributed by atoms with van der Waals surface area (Å²) in [6.45, 7) is 10.2. The molecule has 0 aliphatic carbocycles. The van der Waals surface area contributed by atoms with Crippen LogP contribution in [0.3, 0.4) is 0 Å². The van der Waals surface area contributed by atoms with E-state index in [1.165, 1.54) is 0 Å². The van der Waals surface area contributed by atoms with E-state index in [-0.39, 0.29) is 48.5 Å². The van der Waals surface area contributed by atoms with Crippen LogP contribution in [0.4, 0.5) is 14.7 Å². The third-order valence-electron chi connectivity index (χ3n) is 8.61. The lowest BCUT2D eigenvalue weighted by molar-refractivity contribution is -0.172. The zero-order valence-corrected chi connectivity index (χ0v) is 31.3. The fourth-order valence-electron chi connectivity index (χ4n) is 6.07. The zero-order chi connectivity index (χ0) is 39.6. The van der Waals surface area contributed by atoms with Crippen LogP contribution < -0.4 is 11.5 Å². The molecule has 0 radical (unpaired) electrons. The van der Waals surface area contributed by atoms with Gasteiger partial charge in [-0.25, -0.2) is 28.3 Å². The van der Waals surface area contributed by atoms with E-state index in [2.05, 4.69) is 9.97 Å². The molecular weight excluding hydrogens is 700 g/mol. The molecule has 12 nitrogen and oxygen atoms in total. The maximum absolute atomic E-state index is 14.8. The molecular formula is C40H45F2N5O7. The van der Waals surface area contributed by atoms with E-state index in [9.17, 15) is 28.0 Å². The molecule has 0 spiro atoms. The lowest BCUT2D eigenvalue weighted by Crippen LogP contribution is -2.57. The highest BCUT2D eigenvalue weighted by atomic mass is 19.2. The number of ether oxygens (including phenoxy) is 3. The van der Waals surface area contributed by atoms with E-state index >= 15 is 0 Å². The molecule has 5 rings (SSSR count). The van der Waals surface area contributed by atoms with Gasteiger partial charge in [-0.15, -0.1) is 0 Å². The molecule has 286 valence electrons. The number of benzene rings is 3.